The number of carbonyl (C=O) groups is 1. The number of hydroxylamine groups is 1. The zero-order chi connectivity index (χ0) is 15.5. The lowest BCUT2D eigenvalue weighted by molar-refractivity contribution is 0.102. The Morgan fingerprint density at radius 3 is 2.95 bits per heavy atom. The summed E-state index contributed by atoms with van der Waals surface area (Å²) >= 11 is 0. The lowest BCUT2D eigenvalue weighted by atomic mass is 9.98. The summed E-state index contributed by atoms with van der Waals surface area (Å²) in [5.74, 6) is -0.834. The van der Waals surface area contributed by atoms with Crippen LogP contribution in [0.5, 0.6) is 0 Å². The van der Waals surface area contributed by atoms with E-state index in [2.05, 4.69) is 15.8 Å². The van der Waals surface area contributed by atoms with Gasteiger partial charge < -0.3 is 10.3 Å². The Bertz CT molecular complexity index is 737. The number of hydrogen-bond donors (Lipinski definition) is 3. The summed E-state index contributed by atoms with van der Waals surface area (Å²) in [6, 6.07) is 6.08. The maximum atomic E-state index is 13.7. The molecular formula is C16H16FN3O2. The van der Waals surface area contributed by atoms with Crippen molar-refractivity contribution in [1.82, 2.24) is 10.5 Å². The summed E-state index contributed by atoms with van der Waals surface area (Å²) in [6.07, 6.45) is 5.28. The molecule has 3 N–H and O–H groups in total. The van der Waals surface area contributed by atoms with Crippen molar-refractivity contribution in [3.05, 3.63) is 59.2 Å². The van der Waals surface area contributed by atoms with Gasteiger partial charge in [-0.3, -0.25) is 15.1 Å². The Hall–Kier alpha value is -2.60. The van der Waals surface area contributed by atoms with E-state index in [0.717, 1.165) is 29.8 Å². The number of carbonyl (C=O) groups excluding carboxylic acids is 1. The summed E-state index contributed by atoms with van der Waals surface area (Å²) in [7, 11) is 1.51. The highest BCUT2D eigenvalue weighted by Crippen LogP contribution is 2.28. The normalized spacial score (nSPS) is 13.3. The van der Waals surface area contributed by atoms with Gasteiger partial charge in [0.15, 0.2) is 0 Å². The minimum absolute atomic E-state index is 0.156. The molecule has 1 heterocycles. The van der Waals surface area contributed by atoms with Crippen molar-refractivity contribution in [3.8, 4) is 0 Å². The van der Waals surface area contributed by atoms with Gasteiger partial charge in [-0.1, -0.05) is 18.2 Å². The highest BCUT2D eigenvalue weighted by molar-refractivity contribution is 6.07. The molecule has 1 aromatic carbocycles. The van der Waals surface area contributed by atoms with Crippen molar-refractivity contribution < 1.29 is 14.0 Å². The standard InChI is InChI=1S/C16H16FN3O2/c1-22-20-14-8-4-7-13-15(14)10(9-18-13)16(21)19-12-6-3-2-5-11(12)17/h2-3,5-6,8-9,18,20H,4,7H2,1H3,(H,19,21). The Balaban J connectivity index is 1.90. The maximum absolute atomic E-state index is 13.7. The van der Waals surface area contributed by atoms with E-state index in [9.17, 15) is 9.18 Å². The summed E-state index contributed by atoms with van der Waals surface area (Å²) in [6.45, 7) is 0. The average Bonchev–Trinajstić information content (AvgIpc) is 2.95. The van der Waals surface area contributed by atoms with Crippen LogP contribution in [0.15, 0.2) is 36.5 Å². The van der Waals surface area contributed by atoms with Crippen molar-refractivity contribution in [3.63, 3.8) is 0 Å². The number of fused-ring (bicyclic) bond motifs is 1. The van der Waals surface area contributed by atoms with Crippen LogP contribution in [-0.4, -0.2) is 18.0 Å². The van der Waals surface area contributed by atoms with Crippen molar-refractivity contribution in [2.75, 3.05) is 12.4 Å². The number of allylic oxidation sites excluding steroid dienone is 1. The molecule has 5 nitrogen and oxygen atoms in total. The van der Waals surface area contributed by atoms with Crippen LogP contribution in [0.1, 0.15) is 28.0 Å². The van der Waals surface area contributed by atoms with Crippen molar-refractivity contribution in [2.45, 2.75) is 12.8 Å². The average molecular weight is 301 g/mol. The summed E-state index contributed by atoms with van der Waals surface area (Å²) in [5.41, 5.74) is 5.86. The van der Waals surface area contributed by atoms with Gasteiger partial charge in [-0.05, 0) is 25.0 Å². The van der Waals surface area contributed by atoms with E-state index in [1.807, 2.05) is 6.08 Å². The molecule has 1 aliphatic rings. The third kappa shape index (κ3) is 2.60. The Labute approximate surface area is 127 Å². The number of H-pyrrole nitrogens is 1. The maximum Gasteiger partial charge on any atom is 0.257 e. The third-order valence-electron chi connectivity index (χ3n) is 3.55. The molecule has 3 rings (SSSR count). The molecule has 1 aromatic heterocycles. The summed E-state index contributed by atoms with van der Waals surface area (Å²) in [4.78, 5) is 20.5. The lowest BCUT2D eigenvalue weighted by Crippen LogP contribution is -2.19. The first-order valence-electron chi connectivity index (χ1n) is 6.96. The largest absolute Gasteiger partial charge is 0.364 e. The summed E-state index contributed by atoms with van der Waals surface area (Å²) < 4.78 is 13.7. The summed E-state index contributed by atoms with van der Waals surface area (Å²) in [5, 5.41) is 2.60. The number of hydrogen-bond acceptors (Lipinski definition) is 3. The quantitative estimate of drug-likeness (QED) is 0.761. The van der Waals surface area contributed by atoms with E-state index in [0.29, 0.717) is 5.56 Å². The number of aromatic amines is 1. The van der Waals surface area contributed by atoms with Gasteiger partial charge in [-0.25, -0.2) is 4.39 Å². The fourth-order valence-electron chi connectivity index (χ4n) is 2.57. The zero-order valence-electron chi connectivity index (χ0n) is 12.1. The monoisotopic (exact) mass is 301 g/mol. The minimum Gasteiger partial charge on any atom is -0.364 e. The van der Waals surface area contributed by atoms with E-state index in [1.165, 1.54) is 19.2 Å². The first-order chi connectivity index (χ1) is 10.7. The predicted molar refractivity (Wildman–Crippen MR) is 81.6 cm³/mol. The highest BCUT2D eigenvalue weighted by Gasteiger charge is 2.23. The Morgan fingerprint density at radius 1 is 1.36 bits per heavy atom. The van der Waals surface area contributed by atoms with Gasteiger partial charge in [0, 0.05) is 17.5 Å². The van der Waals surface area contributed by atoms with Crippen LogP contribution in [0.2, 0.25) is 0 Å². The van der Waals surface area contributed by atoms with Crippen LogP contribution in [0.3, 0.4) is 0 Å². The van der Waals surface area contributed by atoms with Crippen LogP contribution < -0.4 is 10.8 Å². The van der Waals surface area contributed by atoms with Crippen molar-refractivity contribution in [1.29, 1.82) is 0 Å². The molecule has 0 fully saturated rings. The number of anilines is 1. The van der Waals surface area contributed by atoms with Crippen molar-refractivity contribution >= 4 is 17.3 Å². The van der Waals surface area contributed by atoms with E-state index >= 15 is 0 Å². The molecule has 6 heteroatoms. The Morgan fingerprint density at radius 2 is 2.18 bits per heavy atom. The topological polar surface area (TPSA) is 66.1 Å². The van der Waals surface area contributed by atoms with Gasteiger partial charge in [0.05, 0.1) is 24.1 Å². The van der Waals surface area contributed by atoms with Gasteiger partial charge in [-0.15, -0.1) is 0 Å². The second kappa shape index (κ2) is 6.03. The van der Waals surface area contributed by atoms with Crippen LogP contribution in [0.25, 0.3) is 5.70 Å². The number of para-hydroxylation sites is 1. The zero-order valence-corrected chi connectivity index (χ0v) is 12.1. The van der Waals surface area contributed by atoms with Crippen LogP contribution >= 0.6 is 0 Å². The molecule has 0 saturated carbocycles. The first kappa shape index (κ1) is 14.3. The second-order valence-electron chi connectivity index (χ2n) is 4.95. The van der Waals surface area contributed by atoms with E-state index in [1.54, 1.807) is 18.3 Å². The molecule has 0 saturated heterocycles. The minimum atomic E-state index is -0.467. The fraction of sp³-hybridized carbons (Fsp3) is 0.188. The second-order valence-corrected chi connectivity index (χ2v) is 4.95. The highest BCUT2D eigenvalue weighted by atomic mass is 19.1. The third-order valence-corrected chi connectivity index (χ3v) is 3.55. The molecule has 2 aromatic rings. The predicted octanol–water partition coefficient (Wildman–Crippen LogP) is 2.84. The van der Waals surface area contributed by atoms with Crippen LogP contribution in [-0.2, 0) is 11.3 Å². The number of nitrogens with one attached hydrogen (secondary N) is 3. The number of aromatic nitrogens is 1. The molecule has 0 atom stereocenters. The lowest BCUT2D eigenvalue weighted by Gasteiger charge is -2.16. The smallest absolute Gasteiger partial charge is 0.257 e. The van der Waals surface area contributed by atoms with Gasteiger partial charge in [-0.2, -0.15) is 0 Å². The van der Waals surface area contributed by atoms with Gasteiger partial charge in [0.1, 0.15) is 5.82 Å². The van der Waals surface area contributed by atoms with Crippen LogP contribution in [0.4, 0.5) is 10.1 Å². The van der Waals surface area contributed by atoms with Gasteiger partial charge in [0.25, 0.3) is 5.91 Å². The van der Waals surface area contributed by atoms with Gasteiger partial charge in [0.2, 0.25) is 0 Å². The van der Waals surface area contributed by atoms with E-state index < -0.39 is 5.82 Å². The van der Waals surface area contributed by atoms with Gasteiger partial charge >= 0.3 is 0 Å². The molecule has 1 amide bonds. The molecule has 114 valence electrons. The number of benzene rings is 1. The van der Waals surface area contributed by atoms with E-state index in [-0.39, 0.29) is 11.6 Å². The Kier molecular flexibility index (Phi) is 3.93. The molecule has 0 aliphatic heterocycles. The fourth-order valence-corrected chi connectivity index (χ4v) is 2.57. The molecular weight excluding hydrogens is 285 g/mol. The number of aryl methyl sites for hydroxylation is 1. The molecule has 22 heavy (non-hydrogen) atoms. The molecule has 1 aliphatic carbocycles. The number of amides is 1. The van der Waals surface area contributed by atoms with Crippen molar-refractivity contribution in [2.24, 2.45) is 0 Å². The molecule has 0 unspecified atom stereocenters. The first-order valence-corrected chi connectivity index (χ1v) is 6.96. The SMILES string of the molecule is CONC1=CCCc2[nH]cc(C(=O)Nc3ccccc3F)c21. The number of halogens is 1. The molecule has 0 bridgehead atoms. The number of rotatable bonds is 4. The van der Waals surface area contributed by atoms with Crippen LogP contribution in [0, 0.1) is 5.82 Å². The van der Waals surface area contributed by atoms with E-state index in [4.69, 9.17) is 4.84 Å². The molecule has 0 spiro atoms. The molecule has 0 radical (unpaired) electrons.